The first-order valence-electron chi connectivity index (χ1n) is 8.14. The molecule has 0 radical (unpaired) electrons. The van der Waals surface area contributed by atoms with Crippen LogP contribution in [0.2, 0.25) is 0 Å². The van der Waals surface area contributed by atoms with Gasteiger partial charge in [-0.2, -0.15) is 0 Å². The summed E-state index contributed by atoms with van der Waals surface area (Å²) >= 11 is 0. The minimum atomic E-state index is 0.614. The van der Waals surface area contributed by atoms with Gasteiger partial charge in [0.15, 0.2) is 0 Å². The van der Waals surface area contributed by atoms with Gasteiger partial charge in [0.25, 0.3) is 0 Å². The van der Waals surface area contributed by atoms with Crippen LogP contribution in [0.25, 0.3) is 0 Å². The maximum Gasteiger partial charge on any atom is 0.0366 e. The van der Waals surface area contributed by atoms with Gasteiger partial charge in [-0.1, -0.05) is 56.3 Å². The van der Waals surface area contributed by atoms with Crippen molar-refractivity contribution in [2.45, 2.75) is 38.5 Å². The zero-order valence-electron chi connectivity index (χ0n) is 13.1. The molecule has 0 N–H and O–H groups in total. The maximum absolute atomic E-state index is 2.53. The van der Waals surface area contributed by atoms with Gasteiger partial charge >= 0.3 is 0 Å². The summed E-state index contributed by atoms with van der Waals surface area (Å²) in [7, 11) is 0. The second-order valence-corrected chi connectivity index (χ2v) is 6.42. The van der Waals surface area contributed by atoms with Crippen LogP contribution in [0.3, 0.4) is 0 Å². The molecule has 1 heteroatoms. The molecule has 0 amide bonds. The van der Waals surface area contributed by atoms with Crippen molar-refractivity contribution in [2.75, 3.05) is 18.0 Å². The van der Waals surface area contributed by atoms with Gasteiger partial charge in [-0.25, -0.2) is 0 Å². The van der Waals surface area contributed by atoms with E-state index in [2.05, 4.69) is 73.3 Å². The third-order valence-electron chi connectivity index (χ3n) is 4.69. The molecule has 0 spiro atoms. The standard InChI is InChI=1S/C20H25N/c1-16(2)17-8-10-20(11-9-17)21-14-12-19(13-15-21)18-6-4-3-5-7-18/h3-11,16,19H,12-15H2,1-2H3. The second kappa shape index (κ2) is 6.34. The molecule has 3 rings (SSSR count). The summed E-state index contributed by atoms with van der Waals surface area (Å²) in [5, 5.41) is 0. The molecule has 0 bridgehead atoms. The molecule has 0 aromatic heterocycles. The van der Waals surface area contributed by atoms with Crippen LogP contribution in [0.15, 0.2) is 54.6 Å². The number of piperidine rings is 1. The highest BCUT2D eigenvalue weighted by molar-refractivity contribution is 5.48. The summed E-state index contributed by atoms with van der Waals surface area (Å²) in [6, 6.07) is 20.1. The topological polar surface area (TPSA) is 3.24 Å². The summed E-state index contributed by atoms with van der Waals surface area (Å²) in [5.41, 5.74) is 4.32. The lowest BCUT2D eigenvalue weighted by molar-refractivity contribution is 0.505. The van der Waals surface area contributed by atoms with E-state index in [1.165, 1.54) is 42.7 Å². The Morgan fingerprint density at radius 1 is 0.857 bits per heavy atom. The summed E-state index contributed by atoms with van der Waals surface area (Å²) < 4.78 is 0. The Bertz CT molecular complexity index is 548. The van der Waals surface area contributed by atoms with Crippen LogP contribution in [0.4, 0.5) is 5.69 Å². The number of benzene rings is 2. The Morgan fingerprint density at radius 3 is 2.05 bits per heavy atom. The Labute approximate surface area is 128 Å². The Kier molecular flexibility index (Phi) is 4.28. The largest absolute Gasteiger partial charge is 0.371 e. The molecule has 0 unspecified atom stereocenters. The van der Waals surface area contributed by atoms with Crippen molar-refractivity contribution in [1.82, 2.24) is 0 Å². The van der Waals surface area contributed by atoms with Crippen LogP contribution in [-0.2, 0) is 0 Å². The van der Waals surface area contributed by atoms with Crippen molar-refractivity contribution in [3.63, 3.8) is 0 Å². The molecule has 0 atom stereocenters. The highest BCUT2D eigenvalue weighted by Crippen LogP contribution is 2.30. The molecule has 2 aromatic carbocycles. The zero-order chi connectivity index (χ0) is 14.7. The smallest absolute Gasteiger partial charge is 0.0366 e. The Balaban J connectivity index is 1.63. The summed E-state index contributed by atoms with van der Waals surface area (Å²) in [5.74, 6) is 1.35. The van der Waals surface area contributed by atoms with Gasteiger partial charge in [-0.15, -0.1) is 0 Å². The van der Waals surface area contributed by atoms with Crippen molar-refractivity contribution in [2.24, 2.45) is 0 Å². The number of hydrogen-bond donors (Lipinski definition) is 0. The van der Waals surface area contributed by atoms with Crippen LogP contribution < -0.4 is 4.90 Å². The predicted octanol–water partition coefficient (Wildman–Crippen LogP) is 5.19. The molecule has 1 saturated heterocycles. The average molecular weight is 279 g/mol. The van der Waals surface area contributed by atoms with Crippen molar-refractivity contribution in [3.05, 3.63) is 65.7 Å². The van der Waals surface area contributed by atoms with E-state index in [1.54, 1.807) is 0 Å². The zero-order valence-corrected chi connectivity index (χ0v) is 13.1. The summed E-state index contributed by atoms with van der Waals surface area (Å²) in [4.78, 5) is 2.53. The number of nitrogens with zero attached hydrogens (tertiary/aromatic N) is 1. The van der Waals surface area contributed by atoms with E-state index in [1.807, 2.05) is 0 Å². The fourth-order valence-electron chi connectivity index (χ4n) is 3.27. The minimum absolute atomic E-state index is 0.614. The van der Waals surface area contributed by atoms with Crippen molar-refractivity contribution >= 4 is 5.69 Å². The minimum Gasteiger partial charge on any atom is -0.371 e. The van der Waals surface area contributed by atoms with E-state index in [0.717, 1.165) is 5.92 Å². The van der Waals surface area contributed by atoms with Crippen LogP contribution >= 0.6 is 0 Å². The van der Waals surface area contributed by atoms with Gasteiger partial charge in [0, 0.05) is 18.8 Å². The third-order valence-corrected chi connectivity index (χ3v) is 4.69. The van der Waals surface area contributed by atoms with Crippen LogP contribution in [0.1, 0.15) is 49.7 Å². The summed E-state index contributed by atoms with van der Waals surface area (Å²) in [6.45, 7) is 6.84. The van der Waals surface area contributed by atoms with Crippen LogP contribution in [0, 0.1) is 0 Å². The second-order valence-electron chi connectivity index (χ2n) is 6.42. The number of rotatable bonds is 3. The van der Waals surface area contributed by atoms with E-state index in [-0.39, 0.29) is 0 Å². The molecular formula is C20H25N. The van der Waals surface area contributed by atoms with Gasteiger partial charge < -0.3 is 4.90 Å². The molecule has 0 saturated carbocycles. The van der Waals surface area contributed by atoms with E-state index in [9.17, 15) is 0 Å². The summed E-state index contributed by atoms with van der Waals surface area (Å²) in [6.07, 6.45) is 2.52. The van der Waals surface area contributed by atoms with Crippen LogP contribution in [-0.4, -0.2) is 13.1 Å². The first kappa shape index (κ1) is 14.2. The first-order chi connectivity index (χ1) is 10.2. The molecule has 1 aliphatic heterocycles. The fraction of sp³-hybridized carbons (Fsp3) is 0.400. The average Bonchev–Trinajstić information content (AvgIpc) is 2.56. The SMILES string of the molecule is CC(C)c1ccc(N2CCC(c3ccccc3)CC2)cc1. The Hall–Kier alpha value is -1.76. The van der Waals surface area contributed by atoms with Crippen molar-refractivity contribution < 1.29 is 0 Å². The van der Waals surface area contributed by atoms with Crippen molar-refractivity contribution in [3.8, 4) is 0 Å². The molecule has 1 nitrogen and oxygen atoms in total. The molecule has 2 aromatic rings. The molecule has 1 fully saturated rings. The lowest BCUT2D eigenvalue weighted by Gasteiger charge is -2.34. The highest BCUT2D eigenvalue weighted by atomic mass is 15.1. The molecule has 21 heavy (non-hydrogen) atoms. The first-order valence-corrected chi connectivity index (χ1v) is 8.14. The Morgan fingerprint density at radius 2 is 1.48 bits per heavy atom. The van der Waals surface area contributed by atoms with Gasteiger partial charge in [0.2, 0.25) is 0 Å². The van der Waals surface area contributed by atoms with Gasteiger partial charge in [0.05, 0.1) is 0 Å². The lowest BCUT2D eigenvalue weighted by Crippen LogP contribution is -2.32. The molecule has 1 heterocycles. The van der Waals surface area contributed by atoms with E-state index < -0.39 is 0 Å². The fourth-order valence-corrected chi connectivity index (χ4v) is 3.27. The molecule has 0 aliphatic carbocycles. The maximum atomic E-state index is 2.53. The highest BCUT2D eigenvalue weighted by Gasteiger charge is 2.20. The van der Waals surface area contributed by atoms with Gasteiger partial charge in [-0.05, 0) is 47.9 Å². The predicted molar refractivity (Wildman–Crippen MR) is 91.2 cm³/mol. The monoisotopic (exact) mass is 279 g/mol. The van der Waals surface area contributed by atoms with E-state index in [0.29, 0.717) is 5.92 Å². The normalized spacial score (nSPS) is 16.4. The quantitative estimate of drug-likeness (QED) is 0.747. The number of hydrogen-bond acceptors (Lipinski definition) is 1. The third kappa shape index (κ3) is 3.29. The van der Waals surface area contributed by atoms with Crippen molar-refractivity contribution in [1.29, 1.82) is 0 Å². The molecule has 1 aliphatic rings. The van der Waals surface area contributed by atoms with E-state index in [4.69, 9.17) is 0 Å². The van der Waals surface area contributed by atoms with E-state index >= 15 is 0 Å². The molecule has 110 valence electrons. The van der Waals surface area contributed by atoms with Crippen LogP contribution in [0.5, 0.6) is 0 Å². The lowest BCUT2D eigenvalue weighted by atomic mass is 9.89. The molecular weight excluding hydrogens is 254 g/mol. The van der Waals surface area contributed by atoms with Gasteiger partial charge in [0.1, 0.15) is 0 Å². The number of anilines is 1. The van der Waals surface area contributed by atoms with Gasteiger partial charge in [-0.3, -0.25) is 0 Å².